The monoisotopic (exact) mass is 178 g/mol. The maximum Gasteiger partial charge on any atom is 0.212 e. The molecule has 1 rings (SSSR count). The molecule has 2 nitrogen and oxygen atoms in total. The Morgan fingerprint density at radius 3 is 1.50 bits per heavy atom. The van der Waals surface area contributed by atoms with Crippen LogP contribution in [0.3, 0.4) is 0 Å². The fourth-order valence-corrected chi connectivity index (χ4v) is 0.756. The van der Waals surface area contributed by atoms with Crippen molar-refractivity contribution < 1.29 is 23.4 Å². The fourth-order valence-electron chi connectivity index (χ4n) is 0.756. The fraction of sp³-hybridized carbons (Fsp3) is 0.143. The minimum Gasteiger partial charge on any atom is -0.503 e. The van der Waals surface area contributed by atoms with Crippen molar-refractivity contribution in [3.05, 3.63) is 23.0 Å². The molecule has 0 spiro atoms. The van der Waals surface area contributed by atoms with Gasteiger partial charge in [-0.05, 0) is 6.92 Å². The molecule has 0 saturated heterocycles. The van der Waals surface area contributed by atoms with E-state index in [-0.39, 0.29) is 0 Å². The molecular weight excluding hydrogens is 173 g/mol. The van der Waals surface area contributed by atoms with Crippen molar-refractivity contribution in [2.24, 2.45) is 0 Å². The summed E-state index contributed by atoms with van der Waals surface area (Å²) in [5, 5.41) is 17.2. The Morgan fingerprint density at radius 1 is 0.833 bits per heavy atom. The molecule has 0 aliphatic rings. The quantitative estimate of drug-likeness (QED) is 0.636. The average molecular weight is 178 g/mol. The summed E-state index contributed by atoms with van der Waals surface area (Å²) in [6.45, 7) is 0.976. The minimum absolute atomic E-state index is 0.619. The highest BCUT2D eigenvalue weighted by Crippen LogP contribution is 2.33. The van der Waals surface area contributed by atoms with Crippen LogP contribution < -0.4 is 0 Å². The Kier molecular flexibility index (Phi) is 1.87. The van der Waals surface area contributed by atoms with Crippen LogP contribution in [-0.4, -0.2) is 10.2 Å². The molecule has 0 aliphatic carbocycles. The van der Waals surface area contributed by atoms with E-state index >= 15 is 0 Å². The van der Waals surface area contributed by atoms with Crippen molar-refractivity contribution in [3.8, 4) is 11.5 Å². The zero-order valence-corrected chi connectivity index (χ0v) is 6.03. The Balaban J connectivity index is 3.60. The van der Waals surface area contributed by atoms with E-state index in [0.717, 1.165) is 6.92 Å². The van der Waals surface area contributed by atoms with Gasteiger partial charge in [0, 0.05) is 5.56 Å². The van der Waals surface area contributed by atoms with Crippen LogP contribution >= 0.6 is 0 Å². The summed E-state index contributed by atoms with van der Waals surface area (Å²) in [4.78, 5) is 0. The number of benzene rings is 1. The van der Waals surface area contributed by atoms with Crippen LogP contribution in [0, 0.1) is 24.4 Å². The standard InChI is InChI=1S/C7H5F3O2/c1-2-3(8)6(11)5(10)7(12)4(2)9/h11-12H,1H3. The molecule has 2 N–H and O–H groups in total. The highest BCUT2D eigenvalue weighted by atomic mass is 19.1. The molecule has 5 heteroatoms. The lowest BCUT2D eigenvalue weighted by Crippen LogP contribution is -1.94. The molecule has 0 unspecified atom stereocenters. The lowest BCUT2D eigenvalue weighted by Gasteiger charge is -2.04. The van der Waals surface area contributed by atoms with E-state index in [1.807, 2.05) is 0 Å². The topological polar surface area (TPSA) is 40.5 Å². The van der Waals surface area contributed by atoms with Crippen LogP contribution in [0.4, 0.5) is 13.2 Å². The molecule has 0 atom stereocenters. The van der Waals surface area contributed by atoms with Gasteiger partial charge in [-0.2, -0.15) is 4.39 Å². The number of phenolic OH excluding ortho intramolecular Hbond substituents is 2. The van der Waals surface area contributed by atoms with E-state index in [9.17, 15) is 13.2 Å². The van der Waals surface area contributed by atoms with Gasteiger partial charge in [0.1, 0.15) is 0 Å². The largest absolute Gasteiger partial charge is 0.503 e. The molecule has 0 heterocycles. The average Bonchev–Trinajstić information content (AvgIpc) is 2.08. The summed E-state index contributed by atoms with van der Waals surface area (Å²) in [7, 11) is 0. The SMILES string of the molecule is Cc1c(F)c(O)c(F)c(O)c1F. The lowest BCUT2D eigenvalue weighted by atomic mass is 10.2. The summed E-state index contributed by atoms with van der Waals surface area (Å²) >= 11 is 0. The van der Waals surface area contributed by atoms with Crippen molar-refractivity contribution in [1.29, 1.82) is 0 Å². The maximum absolute atomic E-state index is 12.6. The molecule has 0 aliphatic heterocycles. The second-order valence-electron chi connectivity index (χ2n) is 2.26. The normalized spacial score (nSPS) is 10.3. The van der Waals surface area contributed by atoms with Gasteiger partial charge < -0.3 is 10.2 Å². The van der Waals surface area contributed by atoms with Gasteiger partial charge in [0.2, 0.25) is 5.82 Å². The zero-order valence-electron chi connectivity index (χ0n) is 6.03. The number of halogens is 3. The van der Waals surface area contributed by atoms with Gasteiger partial charge in [-0.1, -0.05) is 0 Å². The van der Waals surface area contributed by atoms with Crippen molar-refractivity contribution in [1.82, 2.24) is 0 Å². The first-order valence-electron chi connectivity index (χ1n) is 3.01. The number of aromatic hydroxyl groups is 2. The highest BCUT2D eigenvalue weighted by Gasteiger charge is 2.21. The Morgan fingerprint density at radius 2 is 1.17 bits per heavy atom. The van der Waals surface area contributed by atoms with Crippen molar-refractivity contribution in [3.63, 3.8) is 0 Å². The third-order valence-electron chi connectivity index (χ3n) is 1.49. The summed E-state index contributed by atoms with van der Waals surface area (Å²) in [6, 6.07) is 0. The summed E-state index contributed by atoms with van der Waals surface area (Å²) in [6.07, 6.45) is 0. The second-order valence-corrected chi connectivity index (χ2v) is 2.26. The van der Waals surface area contributed by atoms with E-state index in [4.69, 9.17) is 10.2 Å². The molecule has 0 amide bonds. The Hall–Kier alpha value is -1.39. The van der Waals surface area contributed by atoms with Crippen LogP contribution in [0.25, 0.3) is 0 Å². The van der Waals surface area contributed by atoms with Gasteiger partial charge in [0.05, 0.1) is 0 Å². The molecule has 0 bridgehead atoms. The van der Waals surface area contributed by atoms with E-state index in [2.05, 4.69) is 0 Å². The molecule has 66 valence electrons. The molecule has 0 radical (unpaired) electrons. The first kappa shape index (κ1) is 8.70. The highest BCUT2D eigenvalue weighted by molar-refractivity contribution is 5.41. The molecule has 0 saturated carbocycles. The molecule has 0 fully saturated rings. The van der Waals surface area contributed by atoms with E-state index < -0.39 is 34.5 Å². The maximum atomic E-state index is 12.6. The van der Waals surface area contributed by atoms with Crippen LogP contribution in [-0.2, 0) is 0 Å². The molecular formula is C7H5F3O2. The number of hydrogen-bond acceptors (Lipinski definition) is 2. The molecule has 1 aromatic carbocycles. The lowest BCUT2D eigenvalue weighted by molar-refractivity contribution is 0.344. The van der Waals surface area contributed by atoms with E-state index in [1.54, 1.807) is 0 Å². The number of hydrogen-bond donors (Lipinski definition) is 2. The van der Waals surface area contributed by atoms with Crippen LogP contribution in [0.2, 0.25) is 0 Å². The minimum atomic E-state index is -1.68. The van der Waals surface area contributed by atoms with Gasteiger partial charge >= 0.3 is 0 Å². The van der Waals surface area contributed by atoms with Gasteiger partial charge in [-0.25, -0.2) is 8.78 Å². The number of rotatable bonds is 0. The van der Waals surface area contributed by atoms with Crippen molar-refractivity contribution in [2.75, 3.05) is 0 Å². The summed E-state index contributed by atoms with van der Waals surface area (Å²) in [5.74, 6) is -7.22. The molecule has 12 heavy (non-hydrogen) atoms. The Labute approximate surface area is 65.9 Å². The predicted octanol–water partition coefficient (Wildman–Crippen LogP) is 1.82. The van der Waals surface area contributed by atoms with Gasteiger partial charge in [-0.3, -0.25) is 0 Å². The van der Waals surface area contributed by atoms with E-state index in [0.29, 0.717) is 0 Å². The summed E-state index contributed by atoms with van der Waals surface area (Å²) < 4.78 is 37.6. The molecule has 1 aromatic rings. The van der Waals surface area contributed by atoms with Gasteiger partial charge in [0.15, 0.2) is 23.1 Å². The zero-order chi connectivity index (χ0) is 9.46. The van der Waals surface area contributed by atoms with Crippen molar-refractivity contribution in [2.45, 2.75) is 6.92 Å². The first-order valence-corrected chi connectivity index (χ1v) is 3.01. The van der Waals surface area contributed by atoms with Gasteiger partial charge in [0.25, 0.3) is 0 Å². The number of phenols is 2. The van der Waals surface area contributed by atoms with Crippen molar-refractivity contribution >= 4 is 0 Å². The van der Waals surface area contributed by atoms with Crippen LogP contribution in [0.5, 0.6) is 11.5 Å². The molecule has 0 aromatic heterocycles. The smallest absolute Gasteiger partial charge is 0.212 e. The predicted molar refractivity (Wildman–Crippen MR) is 34.4 cm³/mol. The third kappa shape index (κ3) is 0.975. The van der Waals surface area contributed by atoms with E-state index in [1.165, 1.54) is 0 Å². The van der Waals surface area contributed by atoms with Gasteiger partial charge in [-0.15, -0.1) is 0 Å². The summed E-state index contributed by atoms with van der Waals surface area (Å²) in [5.41, 5.74) is -0.619. The van der Waals surface area contributed by atoms with Crippen LogP contribution in [0.1, 0.15) is 5.56 Å². The second kappa shape index (κ2) is 2.58. The third-order valence-corrected chi connectivity index (χ3v) is 1.49. The first-order chi connectivity index (χ1) is 5.46. The van der Waals surface area contributed by atoms with Crippen LogP contribution in [0.15, 0.2) is 0 Å². The Bertz CT molecular complexity index is 231.